The zero-order valence-electron chi connectivity index (χ0n) is 11.5. The maximum Gasteiger partial charge on any atom is 0.263 e. The minimum Gasteiger partial charge on any atom is -0.372 e. The molecule has 2 fully saturated rings. The van der Waals surface area contributed by atoms with Crippen molar-refractivity contribution in [3.63, 3.8) is 0 Å². The first-order chi connectivity index (χ1) is 10.1. The number of rotatable bonds is 3. The largest absolute Gasteiger partial charge is 0.372 e. The van der Waals surface area contributed by atoms with E-state index in [1.165, 1.54) is 11.3 Å². The lowest BCUT2D eigenvalue weighted by atomic mass is 10.2. The summed E-state index contributed by atoms with van der Waals surface area (Å²) in [5.41, 5.74) is 0. The molecule has 0 aliphatic carbocycles. The average molecular weight is 328 g/mol. The van der Waals surface area contributed by atoms with E-state index in [0.29, 0.717) is 23.9 Å². The highest BCUT2D eigenvalue weighted by atomic mass is 32.2. The van der Waals surface area contributed by atoms with Crippen molar-refractivity contribution < 1.29 is 13.2 Å². The van der Waals surface area contributed by atoms with Gasteiger partial charge in [-0.15, -0.1) is 11.3 Å². The van der Waals surface area contributed by atoms with Crippen molar-refractivity contribution in [1.82, 2.24) is 13.7 Å². The lowest BCUT2D eigenvalue weighted by Gasteiger charge is -2.31. The predicted molar refractivity (Wildman–Crippen MR) is 79.3 cm³/mol. The number of thiazole rings is 1. The monoisotopic (exact) mass is 328 g/mol. The van der Waals surface area contributed by atoms with Crippen LogP contribution >= 0.6 is 11.3 Å². The molecule has 0 saturated carbocycles. The molecule has 0 spiro atoms. The molecule has 1 N–H and O–H groups in total. The van der Waals surface area contributed by atoms with Crippen LogP contribution in [0.5, 0.6) is 0 Å². The van der Waals surface area contributed by atoms with Gasteiger partial charge in [-0.1, -0.05) is 0 Å². The highest BCUT2D eigenvalue weighted by Gasteiger charge is 2.41. The normalized spacial score (nSPS) is 26.5. The minimum absolute atomic E-state index is 0.0300. The van der Waals surface area contributed by atoms with E-state index in [4.69, 9.17) is 4.74 Å². The van der Waals surface area contributed by atoms with Crippen molar-refractivity contribution in [3.8, 4) is 0 Å². The third-order valence-electron chi connectivity index (χ3n) is 4.05. The number of imidazole rings is 1. The summed E-state index contributed by atoms with van der Waals surface area (Å²) in [4.78, 5) is 5.01. The third kappa shape index (κ3) is 1.99. The molecule has 9 heteroatoms. The molecule has 2 aliphatic rings. The van der Waals surface area contributed by atoms with E-state index in [2.05, 4.69) is 10.3 Å². The van der Waals surface area contributed by atoms with Gasteiger partial charge in [0.25, 0.3) is 10.0 Å². The molecule has 2 atom stereocenters. The second kappa shape index (κ2) is 4.67. The van der Waals surface area contributed by atoms with Gasteiger partial charge in [-0.05, 0) is 12.8 Å². The quantitative estimate of drug-likeness (QED) is 0.909. The lowest BCUT2D eigenvalue weighted by molar-refractivity contribution is -0.0115. The second-order valence-corrected chi connectivity index (χ2v) is 8.08. The molecule has 2 unspecified atom stereocenters. The first kappa shape index (κ1) is 13.5. The Morgan fingerprint density at radius 3 is 2.76 bits per heavy atom. The number of ether oxygens (including phenoxy) is 1. The number of hydrogen-bond donors (Lipinski definition) is 1. The van der Waals surface area contributed by atoms with Gasteiger partial charge in [0.1, 0.15) is 0 Å². The van der Waals surface area contributed by atoms with Crippen LogP contribution in [0.2, 0.25) is 0 Å². The third-order valence-corrected chi connectivity index (χ3v) is 6.66. The molecule has 0 radical (unpaired) electrons. The molecular weight excluding hydrogens is 312 g/mol. The summed E-state index contributed by atoms with van der Waals surface area (Å²) in [7, 11) is -1.90. The van der Waals surface area contributed by atoms with Gasteiger partial charge < -0.3 is 10.1 Å². The van der Waals surface area contributed by atoms with Crippen molar-refractivity contribution in [3.05, 3.63) is 11.6 Å². The molecular formula is C12H16N4O3S2. The molecule has 4 rings (SSSR count). The first-order valence-corrected chi connectivity index (χ1v) is 9.20. The summed E-state index contributed by atoms with van der Waals surface area (Å²) >= 11 is 1.42. The molecule has 2 saturated heterocycles. The van der Waals surface area contributed by atoms with E-state index in [1.54, 1.807) is 22.0 Å². The summed E-state index contributed by atoms with van der Waals surface area (Å²) in [6, 6.07) is 0. The number of nitrogens with one attached hydrogen (secondary N) is 1. The van der Waals surface area contributed by atoms with Gasteiger partial charge in [0, 0.05) is 31.7 Å². The number of morpholine rings is 1. The smallest absolute Gasteiger partial charge is 0.263 e. The van der Waals surface area contributed by atoms with Crippen molar-refractivity contribution >= 4 is 32.1 Å². The van der Waals surface area contributed by atoms with Crippen molar-refractivity contribution in [2.24, 2.45) is 0 Å². The highest BCUT2D eigenvalue weighted by Crippen LogP contribution is 2.33. The van der Waals surface area contributed by atoms with Gasteiger partial charge in [-0.2, -0.15) is 4.31 Å². The van der Waals surface area contributed by atoms with Gasteiger partial charge in [-0.3, -0.25) is 4.40 Å². The number of nitrogens with zero attached hydrogens (tertiary/aromatic N) is 3. The molecule has 2 aromatic heterocycles. The van der Waals surface area contributed by atoms with Crippen LogP contribution in [0.25, 0.3) is 4.96 Å². The van der Waals surface area contributed by atoms with E-state index in [1.807, 2.05) is 5.38 Å². The summed E-state index contributed by atoms with van der Waals surface area (Å²) in [5.74, 6) is 0.403. The van der Waals surface area contributed by atoms with Crippen LogP contribution in [0.3, 0.4) is 0 Å². The van der Waals surface area contributed by atoms with Gasteiger partial charge >= 0.3 is 0 Å². The summed E-state index contributed by atoms with van der Waals surface area (Å²) in [6.45, 7) is 0.860. The van der Waals surface area contributed by atoms with Crippen molar-refractivity contribution in [2.75, 3.05) is 25.5 Å². The van der Waals surface area contributed by atoms with Crippen LogP contribution in [0.1, 0.15) is 12.8 Å². The number of hydrogen-bond acceptors (Lipinski definition) is 6. The maximum atomic E-state index is 13.0. The van der Waals surface area contributed by atoms with Crippen LogP contribution in [0.15, 0.2) is 16.6 Å². The molecule has 2 aliphatic heterocycles. The van der Waals surface area contributed by atoms with Crippen LogP contribution < -0.4 is 5.32 Å². The van der Waals surface area contributed by atoms with Gasteiger partial charge in [0.2, 0.25) is 0 Å². The zero-order chi connectivity index (χ0) is 14.6. The van der Waals surface area contributed by atoms with E-state index in [9.17, 15) is 8.42 Å². The van der Waals surface area contributed by atoms with Crippen LogP contribution in [0.4, 0.5) is 5.82 Å². The van der Waals surface area contributed by atoms with Crippen molar-refractivity contribution in [1.29, 1.82) is 0 Å². The Morgan fingerprint density at radius 2 is 2.10 bits per heavy atom. The topological polar surface area (TPSA) is 75.9 Å². The fraction of sp³-hybridized carbons (Fsp3) is 0.583. The molecule has 0 aromatic carbocycles. The molecule has 21 heavy (non-hydrogen) atoms. The minimum atomic E-state index is -3.59. The maximum absolute atomic E-state index is 13.0. The average Bonchev–Trinajstić information content (AvgIpc) is 3.12. The van der Waals surface area contributed by atoms with E-state index < -0.39 is 10.0 Å². The Bertz CT molecular complexity index is 770. The Kier molecular flexibility index (Phi) is 3.00. The van der Waals surface area contributed by atoms with E-state index in [0.717, 1.165) is 12.8 Å². The van der Waals surface area contributed by atoms with Gasteiger partial charge in [0.15, 0.2) is 15.8 Å². The van der Waals surface area contributed by atoms with Crippen molar-refractivity contribution in [2.45, 2.75) is 30.1 Å². The van der Waals surface area contributed by atoms with Crippen LogP contribution in [-0.2, 0) is 14.8 Å². The number of sulfonamides is 1. The fourth-order valence-electron chi connectivity index (χ4n) is 3.07. The Hall–Kier alpha value is -1.16. The fourth-order valence-corrected chi connectivity index (χ4v) is 5.60. The second-order valence-electron chi connectivity index (χ2n) is 5.35. The molecule has 4 heterocycles. The summed E-state index contributed by atoms with van der Waals surface area (Å²) < 4.78 is 35.0. The van der Waals surface area contributed by atoms with E-state index in [-0.39, 0.29) is 17.2 Å². The molecule has 0 amide bonds. The Morgan fingerprint density at radius 1 is 1.38 bits per heavy atom. The summed E-state index contributed by atoms with van der Waals surface area (Å²) in [6.07, 6.45) is 3.69. The van der Waals surface area contributed by atoms with E-state index >= 15 is 0 Å². The Labute approximate surface area is 126 Å². The summed E-state index contributed by atoms with van der Waals surface area (Å²) in [5, 5.41) is 4.95. The number of fused-ring (bicyclic) bond motifs is 3. The first-order valence-electron chi connectivity index (χ1n) is 6.88. The van der Waals surface area contributed by atoms with Gasteiger partial charge in [0.05, 0.1) is 12.2 Å². The predicted octanol–water partition coefficient (Wildman–Crippen LogP) is 0.989. The lowest BCUT2D eigenvalue weighted by Crippen LogP contribution is -2.46. The molecule has 114 valence electrons. The highest BCUT2D eigenvalue weighted by molar-refractivity contribution is 7.89. The standard InChI is InChI=1S/C12H16N4O3S2/c1-13-10-11(16-4-5-20-12(16)14-10)21(17,18)15-6-8-2-3-9(7-15)19-8/h4-5,8-9,13H,2-3,6-7H2,1H3. The number of aromatic nitrogens is 2. The zero-order valence-corrected chi connectivity index (χ0v) is 13.2. The number of anilines is 1. The molecule has 2 bridgehead atoms. The molecule has 2 aromatic rings. The van der Waals surface area contributed by atoms with Crippen LogP contribution in [-0.4, -0.2) is 54.5 Å². The van der Waals surface area contributed by atoms with Crippen LogP contribution in [0, 0.1) is 0 Å². The SMILES string of the molecule is CNc1nc2sccn2c1S(=O)(=O)N1CC2CCC(C1)O2. The Balaban J connectivity index is 1.81. The van der Waals surface area contributed by atoms with Gasteiger partial charge in [-0.25, -0.2) is 13.4 Å². The molecule has 7 nitrogen and oxygen atoms in total.